The van der Waals surface area contributed by atoms with E-state index in [1.54, 1.807) is 18.2 Å². The topological polar surface area (TPSA) is 84.2 Å². The number of aromatic amines is 1. The number of amides is 1. The van der Waals surface area contributed by atoms with Crippen LogP contribution in [0.2, 0.25) is 0 Å². The first-order valence-corrected chi connectivity index (χ1v) is 8.31. The third-order valence-corrected chi connectivity index (χ3v) is 4.52. The lowest BCUT2D eigenvalue weighted by Crippen LogP contribution is -2.30. The van der Waals surface area contributed by atoms with E-state index in [2.05, 4.69) is 15.5 Å². The van der Waals surface area contributed by atoms with Crippen LogP contribution >= 0.6 is 11.8 Å². The number of rotatable bonds is 5. The average molecular weight is 340 g/mol. The summed E-state index contributed by atoms with van der Waals surface area (Å²) in [6, 6.07) is 14.4. The monoisotopic (exact) mass is 340 g/mol. The predicted octanol–water partition coefficient (Wildman–Crippen LogP) is 1.31. The molecule has 1 aromatic heterocycles. The van der Waals surface area contributed by atoms with Crippen LogP contribution in [-0.4, -0.2) is 22.9 Å². The number of nitrogens with one attached hydrogen (secondary N) is 2. The van der Waals surface area contributed by atoms with Gasteiger partial charge in [0.2, 0.25) is 0 Å². The second kappa shape index (κ2) is 7.18. The van der Waals surface area contributed by atoms with E-state index in [1.807, 2.05) is 35.9 Å². The van der Waals surface area contributed by atoms with Gasteiger partial charge in [0.25, 0.3) is 5.91 Å². The van der Waals surface area contributed by atoms with Crippen LogP contribution in [0.3, 0.4) is 0 Å². The van der Waals surface area contributed by atoms with Crippen molar-refractivity contribution in [2.45, 2.75) is 5.16 Å². The van der Waals surface area contributed by atoms with Gasteiger partial charge in [0, 0.05) is 0 Å². The molecule has 0 aliphatic rings. The molecule has 0 aliphatic carbocycles. The molecule has 0 unspecified atom stereocenters. The number of carbonyl (C=O) groups excluding carboxylic acids is 1. The first-order chi connectivity index (χ1) is 11.6. The Hall–Kier alpha value is -2.80. The molecule has 1 heterocycles. The van der Waals surface area contributed by atoms with Crippen LogP contribution in [0.4, 0.5) is 0 Å². The standard InChI is InChI=1S/C17H16N4O2S/c1-21-14-8-4-3-7-13(14)19-17(21)24-11-16(23)20-18-10-12-6-2-5-9-15(12)22/h2-10H,11H2,1H3,(H2,18,20,22,23). The molecule has 1 amide bonds. The first kappa shape index (κ1) is 16.1. The molecule has 7 heteroatoms. The Bertz CT molecular complexity index is 904. The molecule has 24 heavy (non-hydrogen) atoms. The average Bonchev–Trinajstić information content (AvgIpc) is 2.91. The van der Waals surface area contributed by atoms with Crippen LogP contribution in [0.25, 0.3) is 11.0 Å². The van der Waals surface area contributed by atoms with Gasteiger partial charge in [-0.2, -0.15) is 5.10 Å². The lowest BCUT2D eigenvalue weighted by atomic mass is 10.2. The van der Waals surface area contributed by atoms with E-state index in [0.29, 0.717) is 5.56 Å². The van der Waals surface area contributed by atoms with Gasteiger partial charge in [-0.3, -0.25) is 4.79 Å². The SMILES string of the molecule is C[n+]1c(SCC(=O)NN=Cc2ccccc2[O-])[nH]c2ccccc21. The first-order valence-electron chi connectivity index (χ1n) is 7.32. The maximum atomic E-state index is 11.9. The van der Waals surface area contributed by atoms with Gasteiger partial charge >= 0.3 is 5.16 Å². The highest BCUT2D eigenvalue weighted by Gasteiger charge is 2.16. The molecule has 0 bridgehead atoms. The highest BCUT2D eigenvalue weighted by molar-refractivity contribution is 7.99. The summed E-state index contributed by atoms with van der Waals surface area (Å²) in [6.07, 6.45) is 1.35. The molecule has 0 atom stereocenters. The summed E-state index contributed by atoms with van der Waals surface area (Å²) in [7, 11) is 1.95. The molecule has 6 nitrogen and oxygen atoms in total. The molecule has 122 valence electrons. The summed E-state index contributed by atoms with van der Waals surface area (Å²) >= 11 is 1.39. The number of H-pyrrole nitrogens is 1. The molecule has 0 saturated carbocycles. The van der Waals surface area contributed by atoms with Crippen LogP contribution in [0.15, 0.2) is 58.8 Å². The smallest absolute Gasteiger partial charge is 0.317 e. The van der Waals surface area contributed by atoms with Crippen molar-refractivity contribution in [3.05, 3.63) is 54.1 Å². The van der Waals surface area contributed by atoms with Crippen molar-refractivity contribution in [2.24, 2.45) is 12.1 Å². The number of hydrogen-bond donors (Lipinski definition) is 2. The molecule has 2 N–H and O–H groups in total. The van der Waals surface area contributed by atoms with Gasteiger partial charge in [0.1, 0.15) is 0 Å². The van der Waals surface area contributed by atoms with E-state index in [-0.39, 0.29) is 17.4 Å². The Morgan fingerprint density at radius 2 is 2.04 bits per heavy atom. The molecule has 0 aliphatic heterocycles. The fraction of sp³-hybridized carbons (Fsp3) is 0.118. The number of thioether (sulfide) groups is 1. The van der Waals surface area contributed by atoms with Crippen LogP contribution in [-0.2, 0) is 11.8 Å². The van der Waals surface area contributed by atoms with E-state index < -0.39 is 0 Å². The summed E-state index contributed by atoms with van der Waals surface area (Å²) in [5, 5.41) is 16.2. The number of hydrogen-bond acceptors (Lipinski definition) is 4. The molecule has 3 aromatic rings. The predicted molar refractivity (Wildman–Crippen MR) is 91.8 cm³/mol. The molecule has 0 saturated heterocycles. The second-order valence-electron chi connectivity index (χ2n) is 5.13. The maximum absolute atomic E-state index is 11.9. The van der Waals surface area contributed by atoms with E-state index >= 15 is 0 Å². The van der Waals surface area contributed by atoms with Crippen molar-refractivity contribution < 1.29 is 14.5 Å². The maximum Gasteiger partial charge on any atom is 0.317 e. The highest BCUT2D eigenvalue weighted by Crippen LogP contribution is 2.16. The number of benzene rings is 2. The summed E-state index contributed by atoms with van der Waals surface area (Å²) < 4.78 is 2.00. The minimum absolute atomic E-state index is 0.130. The van der Waals surface area contributed by atoms with E-state index in [4.69, 9.17) is 0 Å². The third-order valence-electron chi connectivity index (χ3n) is 3.46. The molecular weight excluding hydrogens is 324 g/mol. The van der Waals surface area contributed by atoms with Crippen molar-refractivity contribution >= 4 is 34.9 Å². The van der Waals surface area contributed by atoms with Gasteiger partial charge in [0.05, 0.1) is 19.0 Å². The summed E-state index contributed by atoms with van der Waals surface area (Å²) in [5.41, 5.74) is 4.96. The molecular formula is C17H16N4O2S. The summed E-state index contributed by atoms with van der Waals surface area (Å²) in [6.45, 7) is 0. The molecule has 0 fully saturated rings. The number of fused-ring (bicyclic) bond motifs is 1. The van der Waals surface area contributed by atoms with Gasteiger partial charge in [0.15, 0.2) is 11.0 Å². The molecule has 3 rings (SSSR count). The number of aromatic nitrogens is 2. The normalized spacial score (nSPS) is 11.2. The number of nitrogens with zero attached hydrogens (tertiary/aromatic N) is 2. The number of hydrazone groups is 1. The van der Waals surface area contributed by atoms with Crippen LogP contribution in [0.1, 0.15) is 5.56 Å². The summed E-state index contributed by atoms with van der Waals surface area (Å²) in [5.74, 6) is -0.148. The van der Waals surface area contributed by atoms with Crippen LogP contribution in [0.5, 0.6) is 5.75 Å². The van der Waals surface area contributed by atoms with Crippen molar-refractivity contribution in [1.29, 1.82) is 0 Å². The number of para-hydroxylation sites is 3. The Morgan fingerprint density at radius 3 is 2.83 bits per heavy atom. The van der Waals surface area contributed by atoms with Gasteiger partial charge in [-0.05, 0) is 29.5 Å². The summed E-state index contributed by atoms with van der Waals surface area (Å²) in [4.78, 5) is 15.1. The van der Waals surface area contributed by atoms with Crippen LogP contribution in [0, 0.1) is 0 Å². The second-order valence-corrected chi connectivity index (χ2v) is 6.09. The van der Waals surface area contributed by atoms with E-state index in [1.165, 1.54) is 24.0 Å². The minimum atomic E-state index is -0.238. The number of imidazole rings is 1. The van der Waals surface area contributed by atoms with E-state index in [9.17, 15) is 9.90 Å². The van der Waals surface area contributed by atoms with Crippen molar-refractivity contribution in [3.63, 3.8) is 0 Å². The number of carbonyl (C=O) groups is 1. The Kier molecular flexibility index (Phi) is 4.81. The third kappa shape index (κ3) is 3.57. The Morgan fingerprint density at radius 1 is 1.29 bits per heavy atom. The molecule has 2 aromatic carbocycles. The van der Waals surface area contributed by atoms with Crippen molar-refractivity contribution in [1.82, 2.24) is 10.4 Å². The zero-order valence-corrected chi connectivity index (χ0v) is 13.8. The Labute approximate surface area is 143 Å². The lowest BCUT2D eigenvalue weighted by Gasteiger charge is -2.07. The number of aryl methyl sites for hydroxylation is 1. The van der Waals surface area contributed by atoms with Gasteiger partial charge in [-0.25, -0.2) is 15.0 Å². The van der Waals surface area contributed by atoms with E-state index in [0.717, 1.165) is 16.2 Å². The van der Waals surface area contributed by atoms with Crippen LogP contribution < -0.4 is 15.1 Å². The fourth-order valence-electron chi connectivity index (χ4n) is 2.24. The largest absolute Gasteiger partial charge is 0.872 e. The van der Waals surface area contributed by atoms with Gasteiger partial charge < -0.3 is 5.11 Å². The molecule has 0 spiro atoms. The van der Waals surface area contributed by atoms with Crippen molar-refractivity contribution in [3.8, 4) is 5.75 Å². The van der Waals surface area contributed by atoms with Gasteiger partial charge in [-0.15, -0.1) is 0 Å². The zero-order valence-electron chi connectivity index (χ0n) is 13.0. The zero-order chi connectivity index (χ0) is 16.9. The van der Waals surface area contributed by atoms with Crippen molar-refractivity contribution in [2.75, 3.05) is 5.75 Å². The minimum Gasteiger partial charge on any atom is -0.872 e. The highest BCUT2D eigenvalue weighted by atomic mass is 32.2. The van der Waals surface area contributed by atoms with Gasteiger partial charge in [-0.1, -0.05) is 42.1 Å². The quantitative estimate of drug-likeness (QED) is 0.318. The molecule has 0 radical (unpaired) electrons. The Balaban J connectivity index is 1.57. The fourth-order valence-corrected chi connectivity index (χ4v) is 3.05. The lowest BCUT2D eigenvalue weighted by molar-refractivity contribution is -0.683.